The van der Waals surface area contributed by atoms with Crippen LogP contribution in [0.3, 0.4) is 0 Å². The molecule has 4 N–H and O–H groups in total. The Balaban J connectivity index is 1.43. The molecule has 1 amide bonds. The Kier molecular flexibility index (Phi) is 4.68. The lowest BCUT2D eigenvalue weighted by molar-refractivity contribution is 0.102. The molecule has 0 aliphatic carbocycles. The standard InChI is InChI=1S/C21H20N8O2/c1-31-19-5-3-14(7-24-19)25-21(30)20-15-6-12(2-4-16(15)27-28-20)17-8-23-9-18(26-17)29-10-13(22)11-29/h2-9,13H,10-11,22H2,1H3,(H,25,30)(H,27,28). The minimum atomic E-state index is -0.343. The second-order valence-corrected chi connectivity index (χ2v) is 7.30. The fraction of sp³-hybridized carbons (Fsp3) is 0.190. The third kappa shape index (κ3) is 3.64. The number of nitrogens with zero attached hydrogens (tertiary/aromatic N) is 5. The van der Waals surface area contributed by atoms with Gasteiger partial charge in [-0.05, 0) is 18.2 Å². The average Bonchev–Trinajstić information content (AvgIpc) is 3.21. The van der Waals surface area contributed by atoms with Crippen LogP contribution in [0.15, 0.2) is 48.9 Å². The molecule has 0 spiro atoms. The van der Waals surface area contributed by atoms with Crippen LogP contribution in [0.4, 0.5) is 11.5 Å². The molecule has 0 unspecified atom stereocenters. The Labute approximate surface area is 177 Å². The molecular formula is C21H20N8O2. The zero-order chi connectivity index (χ0) is 21.4. The molecule has 3 aromatic heterocycles. The largest absolute Gasteiger partial charge is 0.481 e. The molecule has 10 nitrogen and oxygen atoms in total. The molecule has 4 aromatic rings. The molecule has 1 fully saturated rings. The van der Waals surface area contributed by atoms with Gasteiger partial charge in [-0.1, -0.05) is 6.07 Å². The smallest absolute Gasteiger partial charge is 0.276 e. The molecule has 31 heavy (non-hydrogen) atoms. The minimum absolute atomic E-state index is 0.176. The summed E-state index contributed by atoms with van der Waals surface area (Å²) in [6, 6.07) is 9.24. The van der Waals surface area contributed by atoms with Crippen molar-refractivity contribution in [1.29, 1.82) is 0 Å². The van der Waals surface area contributed by atoms with E-state index in [9.17, 15) is 4.79 Å². The summed E-state index contributed by atoms with van der Waals surface area (Å²) < 4.78 is 5.04. The highest BCUT2D eigenvalue weighted by atomic mass is 16.5. The molecule has 0 radical (unpaired) electrons. The first-order chi connectivity index (χ1) is 15.1. The number of pyridine rings is 1. The van der Waals surface area contributed by atoms with Crippen molar-refractivity contribution in [2.75, 3.05) is 30.4 Å². The summed E-state index contributed by atoms with van der Waals surface area (Å²) in [6.45, 7) is 1.53. The van der Waals surface area contributed by atoms with Crippen molar-refractivity contribution in [3.05, 3.63) is 54.6 Å². The predicted octanol–water partition coefficient (Wildman–Crippen LogP) is 1.82. The third-order valence-electron chi connectivity index (χ3n) is 5.13. The Hall–Kier alpha value is -4.05. The number of aromatic nitrogens is 5. The van der Waals surface area contributed by atoms with Gasteiger partial charge in [-0.2, -0.15) is 5.10 Å². The second kappa shape index (κ2) is 7.65. The Bertz CT molecular complexity index is 1250. The van der Waals surface area contributed by atoms with Gasteiger partial charge in [0.15, 0.2) is 5.69 Å². The lowest BCUT2D eigenvalue weighted by Crippen LogP contribution is -2.56. The van der Waals surface area contributed by atoms with Gasteiger partial charge in [0.05, 0.1) is 42.6 Å². The van der Waals surface area contributed by atoms with Crippen LogP contribution in [0.5, 0.6) is 5.88 Å². The predicted molar refractivity (Wildman–Crippen MR) is 116 cm³/mol. The summed E-state index contributed by atoms with van der Waals surface area (Å²) in [5.74, 6) is 0.914. The molecule has 1 aliphatic rings. The number of carbonyl (C=O) groups excluding carboxylic acids is 1. The Morgan fingerprint density at radius 1 is 1.23 bits per heavy atom. The number of hydrogen-bond donors (Lipinski definition) is 3. The molecule has 0 bridgehead atoms. The molecule has 156 valence electrons. The van der Waals surface area contributed by atoms with Crippen LogP contribution in [0.1, 0.15) is 10.5 Å². The van der Waals surface area contributed by atoms with E-state index in [4.69, 9.17) is 15.5 Å². The molecule has 10 heteroatoms. The number of anilines is 2. The van der Waals surface area contributed by atoms with Crippen molar-refractivity contribution in [2.45, 2.75) is 6.04 Å². The van der Waals surface area contributed by atoms with E-state index in [2.05, 4.69) is 30.4 Å². The second-order valence-electron chi connectivity index (χ2n) is 7.30. The van der Waals surface area contributed by atoms with E-state index in [0.717, 1.165) is 30.0 Å². The number of amides is 1. The van der Waals surface area contributed by atoms with E-state index < -0.39 is 0 Å². The van der Waals surface area contributed by atoms with Crippen molar-refractivity contribution in [2.24, 2.45) is 5.73 Å². The zero-order valence-electron chi connectivity index (χ0n) is 16.7. The zero-order valence-corrected chi connectivity index (χ0v) is 16.7. The van der Waals surface area contributed by atoms with E-state index in [1.165, 1.54) is 13.3 Å². The molecule has 4 heterocycles. The van der Waals surface area contributed by atoms with Gasteiger partial charge in [0.25, 0.3) is 5.91 Å². The van der Waals surface area contributed by atoms with Gasteiger partial charge in [-0.15, -0.1) is 0 Å². The quantitative estimate of drug-likeness (QED) is 0.448. The van der Waals surface area contributed by atoms with E-state index >= 15 is 0 Å². The van der Waals surface area contributed by atoms with Gasteiger partial charge in [0.2, 0.25) is 5.88 Å². The van der Waals surface area contributed by atoms with Crippen molar-refractivity contribution < 1.29 is 9.53 Å². The highest BCUT2D eigenvalue weighted by Gasteiger charge is 2.24. The summed E-state index contributed by atoms with van der Waals surface area (Å²) in [5.41, 5.74) is 9.01. The minimum Gasteiger partial charge on any atom is -0.481 e. The summed E-state index contributed by atoms with van der Waals surface area (Å²) in [5, 5.41) is 10.6. The Morgan fingerprint density at radius 2 is 2.10 bits per heavy atom. The van der Waals surface area contributed by atoms with Crippen LogP contribution in [-0.2, 0) is 0 Å². The molecule has 0 atom stereocenters. The van der Waals surface area contributed by atoms with Crippen LogP contribution in [0.2, 0.25) is 0 Å². The number of benzene rings is 1. The van der Waals surface area contributed by atoms with Crippen LogP contribution in [0, 0.1) is 0 Å². The van der Waals surface area contributed by atoms with Crippen molar-refractivity contribution in [3.63, 3.8) is 0 Å². The monoisotopic (exact) mass is 416 g/mol. The first-order valence-corrected chi connectivity index (χ1v) is 9.73. The fourth-order valence-corrected chi connectivity index (χ4v) is 3.46. The van der Waals surface area contributed by atoms with Gasteiger partial charge in [0.1, 0.15) is 5.82 Å². The molecule has 1 saturated heterocycles. The lowest BCUT2D eigenvalue weighted by Gasteiger charge is -2.37. The van der Waals surface area contributed by atoms with E-state index in [0.29, 0.717) is 22.6 Å². The number of rotatable bonds is 5. The number of methoxy groups -OCH3 is 1. The number of nitrogens with two attached hydrogens (primary N) is 1. The highest BCUT2D eigenvalue weighted by Crippen LogP contribution is 2.26. The normalized spacial score (nSPS) is 13.8. The number of carbonyl (C=O) groups is 1. The van der Waals surface area contributed by atoms with E-state index in [1.54, 1.807) is 24.5 Å². The summed E-state index contributed by atoms with van der Waals surface area (Å²) in [4.78, 5) is 28.0. The maximum atomic E-state index is 12.8. The first-order valence-electron chi connectivity index (χ1n) is 9.73. The average molecular weight is 416 g/mol. The van der Waals surface area contributed by atoms with Crippen molar-refractivity contribution >= 4 is 28.3 Å². The SMILES string of the molecule is COc1ccc(NC(=O)c2n[nH]c3ccc(-c4cncc(N5CC(N)C5)n4)cc23)cn1. The summed E-state index contributed by atoms with van der Waals surface area (Å²) in [6.07, 6.45) is 4.96. The third-order valence-corrected chi connectivity index (χ3v) is 5.13. The van der Waals surface area contributed by atoms with Gasteiger partial charge in [-0.3, -0.25) is 14.9 Å². The number of hydrogen-bond acceptors (Lipinski definition) is 8. The van der Waals surface area contributed by atoms with Gasteiger partial charge < -0.3 is 20.7 Å². The number of nitrogens with one attached hydrogen (secondary N) is 2. The molecule has 0 saturated carbocycles. The number of ether oxygens (including phenoxy) is 1. The van der Waals surface area contributed by atoms with Crippen LogP contribution < -0.4 is 20.7 Å². The Morgan fingerprint density at radius 3 is 2.84 bits per heavy atom. The van der Waals surface area contributed by atoms with Crippen molar-refractivity contribution in [1.82, 2.24) is 25.1 Å². The summed E-state index contributed by atoms with van der Waals surface area (Å²) >= 11 is 0. The molecular weight excluding hydrogens is 396 g/mol. The van der Waals surface area contributed by atoms with Crippen LogP contribution in [0.25, 0.3) is 22.2 Å². The van der Waals surface area contributed by atoms with E-state index in [-0.39, 0.29) is 17.6 Å². The van der Waals surface area contributed by atoms with Gasteiger partial charge in [-0.25, -0.2) is 9.97 Å². The molecule has 1 aliphatic heterocycles. The number of H-pyrrole nitrogens is 1. The fourth-order valence-electron chi connectivity index (χ4n) is 3.46. The maximum absolute atomic E-state index is 12.8. The number of aromatic amines is 1. The van der Waals surface area contributed by atoms with Crippen molar-refractivity contribution in [3.8, 4) is 17.1 Å². The van der Waals surface area contributed by atoms with Crippen LogP contribution >= 0.6 is 0 Å². The molecule has 1 aromatic carbocycles. The maximum Gasteiger partial charge on any atom is 0.276 e. The number of fused-ring (bicyclic) bond motifs is 1. The van der Waals surface area contributed by atoms with Gasteiger partial charge >= 0.3 is 0 Å². The lowest BCUT2D eigenvalue weighted by atomic mass is 10.1. The van der Waals surface area contributed by atoms with Gasteiger partial charge in [0, 0.05) is 36.1 Å². The molecule has 5 rings (SSSR count). The first kappa shape index (κ1) is 18.9. The summed E-state index contributed by atoms with van der Waals surface area (Å²) in [7, 11) is 1.53. The topological polar surface area (TPSA) is 135 Å². The highest BCUT2D eigenvalue weighted by molar-refractivity contribution is 6.11. The van der Waals surface area contributed by atoms with Crippen LogP contribution in [-0.4, -0.2) is 57.3 Å². The van der Waals surface area contributed by atoms with E-state index in [1.807, 2.05) is 18.2 Å².